The van der Waals surface area contributed by atoms with E-state index in [0.717, 1.165) is 5.56 Å². The maximum Gasteiger partial charge on any atom is 0.303 e. The van der Waals surface area contributed by atoms with Gasteiger partial charge in [-0.15, -0.1) is 0 Å². The second-order valence-corrected chi connectivity index (χ2v) is 5.89. The lowest BCUT2D eigenvalue weighted by molar-refractivity contribution is -0.139. The number of nitrogens with one attached hydrogen (secondary N) is 1. The molecule has 0 spiro atoms. The molecular formula is C16H23NO4. The summed E-state index contributed by atoms with van der Waals surface area (Å²) in [5, 5.41) is 11.6. The Kier molecular flexibility index (Phi) is 5.76. The molecule has 5 nitrogen and oxygen atoms in total. The minimum atomic E-state index is -0.904. The molecule has 0 atom stereocenters. The van der Waals surface area contributed by atoms with Crippen LogP contribution in [0.4, 0.5) is 5.69 Å². The van der Waals surface area contributed by atoms with E-state index in [1.807, 2.05) is 26.0 Å². The van der Waals surface area contributed by atoms with Crippen molar-refractivity contribution >= 4 is 17.6 Å². The summed E-state index contributed by atoms with van der Waals surface area (Å²) in [4.78, 5) is 22.9. The number of benzene rings is 1. The average molecular weight is 293 g/mol. The molecule has 2 N–H and O–H groups in total. The zero-order valence-electron chi connectivity index (χ0n) is 13.0. The van der Waals surface area contributed by atoms with Gasteiger partial charge in [0.1, 0.15) is 5.75 Å². The van der Waals surface area contributed by atoms with Crippen LogP contribution in [0.5, 0.6) is 5.75 Å². The maximum atomic E-state index is 12.1. The minimum Gasteiger partial charge on any atom is -0.492 e. The molecule has 1 amide bonds. The van der Waals surface area contributed by atoms with E-state index in [1.165, 1.54) is 0 Å². The normalized spacial score (nSPS) is 11.0. The van der Waals surface area contributed by atoms with E-state index in [4.69, 9.17) is 9.84 Å². The second-order valence-electron chi connectivity index (χ2n) is 5.89. The smallest absolute Gasteiger partial charge is 0.303 e. The topological polar surface area (TPSA) is 75.6 Å². The summed E-state index contributed by atoms with van der Waals surface area (Å²) in [6, 6.07) is 5.55. The molecule has 0 aliphatic carbocycles. The number of anilines is 1. The van der Waals surface area contributed by atoms with Gasteiger partial charge in [-0.05, 0) is 37.0 Å². The first-order valence-corrected chi connectivity index (χ1v) is 6.98. The first-order chi connectivity index (χ1) is 9.73. The molecule has 0 saturated heterocycles. The molecule has 0 unspecified atom stereocenters. The molecule has 21 heavy (non-hydrogen) atoms. The minimum absolute atomic E-state index is 0.0490. The number of rotatable bonds is 7. The van der Waals surface area contributed by atoms with Crippen LogP contribution in [0.2, 0.25) is 0 Å². The summed E-state index contributed by atoms with van der Waals surface area (Å²) in [5.74, 6) is -0.494. The molecule has 0 aromatic heterocycles. The lowest BCUT2D eigenvalue weighted by atomic mass is 9.85. The predicted octanol–water partition coefficient (Wildman–Crippen LogP) is 3.22. The second kappa shape index (κ2) is 7.11. The van der Waals surface area contributed by atoms with Crippen molar-refractivity contribution in [1.82, 2.24) is 0 Å². The van der Waals surface area contributed by atoms with Gasteiger partial charge >= 0.3 is 5.97 Å². The van der Waals surface area contributed by atoms with Crippen LogP contribution in [0.3, 0.4) is 0 Å². The largest absolute Gasteiger partial charge is 0.492 e. The van der Waals surface area contributed by atoms with E-state index in [2.05, 4.69) is 5.32 Å². The van der Waals surface area contributed by atoms with E-state index >= 15 is 0 Å². The number of aliphatic carboxylic acids is 1. The van der Waals surface area contributed by atoms with E-state index in [-0.39, 0.29) is 18.7 Å². The maximum absolute atomic E-state index is 12.1. The Morgan fingerprint density at radius 2 is 1.95 bits per heavy atom. The van der Waals surface area contributed by atoms with Gasteiger partial charge in [0.15, 0.2) is 0 Å². The van der Waals surface area contributed by atoms with Crippen LogP contribution in [0, 0.1) is 12.3 Å². The SMILES string of the molecule is CCOc1cc(C)ccc1NC(=O)CC(C)(C)CC(=O)O. The van der Waals surface area contributed by atoms with Crippen molar-refractivity contribution in [1.29, 1.82) is 0 Å². The van der Waals surface area contributed by atoms with Gasteiger partial charge in [0.25, 0.3) is 0 Å². The standard InChI is InChI=1S/C16H23NO4/c1-5-21-13-8-11(2)6-7-12(13)17-14(18)9-16(3,4)10-15(19)20/h6-8H,5,9-10H2,1-4H3,(H,17,18)(H,19,20). The highest BCUT2D eigenvalue weighted by atomic mass is 16.5. The van der Waals surface area contributed by atoms with Gasteiger partial charge in [-0.3, -0.25) is 9.59 Å². The van der Waals surface area contributed by atoms with Crippen molar-refractivity contribution in [3.63, 3.8) is 0 Å². The molecule has 0 bridgehead atoms. The summed E-state index contributed by atoms with van der Waals surface area (Å²) in [7, 11) is 0. The van der Waals surface area contributed by atoms with Crippen LogP contribution < -0.4 is 10.1 Å². The summed E-state index contributed by atoms with van der Waals surface area (Å²) in [6.45, 7) is 7.86. The third-order valence-corrected chi connectivity index (χ3v) is 2.98. The van der Waals surface area contributed by atoms with Crippen molar-refractivity contribution < 1.29 is 19.4 Å². The highest BCUT2D eigenvalue weighted by Gasteiger charge is 2.25. The first kappa shape index (κ1) is 17.0. The molecule has 0 heterocycles. The van der Waals surface area contributed by atoms with Gasteiger partial charge in [-0.25, -0.2) is 0 Å². The number of carbonyl (C=O) groups is 2. The highest BCUT2D eigenvalue weighted by Crippen LogP contribution is 2.29. The van der Waals surface area contributed by atoms with E-state index < -0.39 is 11.4 Å². The zero-order valence-corrected chi connectivity index (χ0v) is 13.0. The molecule has 0 fully saturated rings. The summed E-state index contributed by atoms with van der Waals surface area (Å²) in [6.07, 6.45) is 0.0887. The molecule has 0 radical (unpaired) electrons. The lowest BCUT2D eigenvalue weighted by Gasteiger charge is -2.22. The number of hydrogen-bond donors (Lipinski definition) is 2. The van der Waals surface area contributed by atoms with Gasteiger partial charge in [0.05, 0.1) is 18.7 Å². The molecule has 0 aliphatic heterocycles. The molecule has 116 valence electrons. The van der Waals surface area contributed by atoms with Crippen LogP contribution in [-0.2, 0) is 9.59 Å². The van der Waals surface area contributed by atoms with Crippen molar-refractivity contribution in [2.45, 2.75) is 40.5 Å². The number of hydrogen-bond acceptors (Lipinski definition) is 3. The highest BCUT2D eigenvalue weighted by molar-refractivity contribution is 5.93. The van der Waals surface area contributed by atoms with Crippen LogP contribution in [0.25, 0.3) is 0 Å². The van der Waals surface area contributed by atoms with E-state index in [9.17, 15) is 9.59 Å². The number of amides is 1. The Morgan fingerprint density at radius 3 is 2.52 bits per heavy atom. The lowest BCUT2D eigenvalue weighted by Crippen LogP contribution is -2.25. The van der Waals surface area contributed by atoms with Gasteiger partial charge in [-0.2, -0.15) is 0 Å². The van der Waals surface area contributed by atoms with Gasteiger partial charge in [0.2, 0.25) is 5.91 Å². The fourth-order valence-electron chi connectivity index (χ4n) is 2.11. The van der Waals surface area contributed by atoms with Crippen molar-refractivity contribution in [3.05, 3.63) is 23.8 Å². The van der Waals surface area contributed by atoms with Crippen LogP contribution in [0.15, 0.2) is 18.2 Å². The third kappa shape index (κ3) is 5.85. The van der Waals surface area contributed by atoms with Gasteiger partial charge in [-0.1, -0.05) is 19.9 Å². The fourth-order valence-corrected chi connectivity index (χ4v) is 2.11. The number of carboxylic acids is 1. The third-order valence-electron chi connectivity index (χ3n) is 2.98. The van der Waals surface area contributed by atoms with Crippen LogP contribution in [-0.4, -0.2) is 23.6 Å². The molecule has 0 saturated carbocycles. The average Bonchev–Trinajstić information content (AvgIpc) is 2.30. The summed E-state index contributed by atoms with van der Waals surface area (Å²) in [5.41, 5.74) is 1.06. The number of ether oxygens (including phenoxy) is 1. The molecular weight excluding hydrogens is 270 g/mol. The molecule has 0 aliphatic rings. The number of aryl methyl sites for hydroxylation is 1. The molecule has 1 aromatic rings. The predicted molar refractivity (Wildman–Crippen MR) is 81.6 cm³/mol. The van der Waals surface area contributed by atoms with Gasteiger partial charge < -0.3 is 15.2 Å². The van der Waals surface area contributed by atoms with Crippen LogP contribution >= 0.6 is 0 Å². The Morgan fingerprint density at radius 1 is 1.29 bits per heavy atom. The first-order valence-electron chi connectivity index (χ1n) is 6.98. The molecule has 1 rings (SSSR count). The van der Waals surface area contributed by atoms with E-state index in [0.29, 0.717) is 18.0 Å². The van der Waals surface area contributed by atoms with Crippen LogP contribution in [0.1, 0.15) is 39.2 Å². The van der Waals surface area contributed by atoms with Crippen molar-refractivity contribution in [2.24, 2.45) is 5.41 Å². The van der Waals surface area contributed by atoms with E-state index in [1.54, 1.807) is 19.9 Å². The monoisotopic (exact) mass is 293 g/mol. The van der Waals surface area contributed by atoms with Gasteiger partial charge in [0, 0.05) is 6.42 Å². The van der Waals surface area contributed by atoms with Crippen molar-refractivity contribution in [3.8, 4) is 5.75 Å². The summed E-state index contributed by atoms with van der Waals surface area (Å²) < 4.78 is 5.50. The molecule has 5 heteroatoms. The zero-order chi connectivity index (χ0) is 16.0. The Labute approximate surface area is 125 Å². The Hall–Kier alpha value is -2.04. The van der Waals surface area contributed by atoms with Crippen molar-refractivity contribution in [2.75, 3.05) is 11.9 Å². The number of carbonyl (C=O) groups excluding carboxylic acids is 1. The Bertz CT molecular complexity index is 523. The summed E-state index contributed by atoms with van der Waals surface area (Å²) >= 11 is 0. The quantitative estimate of drug-likeness (QED) is 0.809. The number of carboxylic acid groups (broad SMARTS) is 1. The fraction of sp³-hybridized carbons (Fsp3) is 0.500. The molecule has 1 aromatic carbocycles. The Balaban J connectivity index is 2.77.